The highest BCUT2D eigenvalue weighted by Crippen LogP contribution is 2.22. The molecule has 0 aliphatic carbocycles. The molecule has 0 spiro atoms. The van der Waals surface area contributed by atoms with Gasteiger partial charge in [0.05, 0.1) is 35.2 Å². The number of halogens is 1. The van der Waals surface area contributed by atoms with Gasteiger partial charge in [0.15, 0.2) is 0 Å². The number of nitrogens with zero attached hydrogens (tertiary/aromatic N) is 4. The molecule has 2 heterocycles. The monoisotopic (exact) mass is 363 g/mol. The smallest absolute Gasteiger partial charge is 0.241 e. The first kappa shape index (κ1) is 16.6. The highest BCUT2D eigenvalue weighted by atomic mass is 35.5. The van der Waals surface area contributed by atoms with Gasteiger partial charge in [-0.25, -0.2) is 17.8 Å². The van der Waals surface area contributed by atoms with E-state index in [9.17, 15) is 8.42 Å². The number of aromatic nitrogens is 4. The van der Waals surface area contributed by atoms with Crippen LogP contribution in [0.15, 0.2) is 53.8 Å². The average molecular weight is 364 g/mol. The fraction of sp³-hybridized carbons (Fsp3) is 0.133. The lowest BCUT2D eigenvalue weighted by Crippen LogP contribution is -2.24. The molecule has 0 saturated heterocycles. The summed E-state index contributed by atoms with van der Waals surface area (Å²) in [5, 5.41) is 8.33. The third kappa shape index (κ3) is 3.45. The number of hydrogen-bond donors (Lipinski definition) is 1. The third-order valence-electron chi connectivity index (χ3n) is 3.40. The molecule has 2 aromatic heterocycles. The molecule has 24 heavy (non-hydrogen) atoms. The summed E-state index contributed by atoms with van der Waals surface area (Å²) in [5.74, 6) is 0. The van der Waals surface area contributed by atoms with Crippen molar-refractivity contribution in [2.45, 2.75) is 18.4 Å². The fourth-order valence-corrected chi connectivity index (χ4v) is 3.62. The molecule has 3 aromatic rings. The van der Waals surface area contributed by atoms with Gasteiger partial charge in [-0.3, -0.25) is 4.98 Å². The first-order valence-electron chi connectivity index (χ1n) is 7.04. The van der Waals surface area contributed by atoms with E-state index in [-0.39, 0.29) is 11.4 Å². The molecule has 0 radical (unpaired) electrons. The molecular formula is C15H14ClN5O2S. The average Bonchev–Trinajstić information content (AvgIpc) is 3.05. The minimum absolute atomic E-state index is 0.0224. The molecule has 1 N–H and O–H groups in total. The van der Waals surface area contributed by atoms with Gasteiger partial charge >= 0.3 is 0 Å². The molecule has 124 valence electrons. The molecule has 0 atom stereocenters. The van der Waals surface area contributed by atoms with Gasteiger partial charge in [0.25, 0.3) is 0 Å². The van der Waals surface area contributed by atoms with Crippen LogP contribution < -0.4 is 4.72 Å². The number of benzene rings is 1. The topological polar surface area (TPSA) is 89.8 Å². The molecule has 0 amide bonds. The second-order valence-electron chi connectivity index (χ2n) is 5.05. The van der Waals surface area contributed by atoms with Crippen molar-refractivity contribution in [3.63, 3.8) is 0 Å². The Bertz CT molecular complexity index is 957. The maximum absolute atomic E-state index is 12.4. The predicted molar refractivity (Wildman–Crippen MR) is 89.4 cm³/mol. The van der Waals surface area contributed by atoms with Crippen molar-refractivity contribution in [3.8, 4) is 5.69 Å². The van der Waals surface area contributed by atoms with Crippen LogP contribution in [0.1, 0.15) is 11.3 Å². The van der Waals surface area contributed by atoms with Gasteiger partial charge in [-0.15, -0.1) is 5.10 Å². The first-order chi connectivity index (χ1) is 11.5. The summed E-state index contributed by atoms with van der Waals surface area (Å²) >= 11 is 5.98. The summed E-state index contributed by atoms with van der Waals surface area (Å²) in [6.07, 6.45) is 4.94. The number of sulfonamides is 1. The molecule has 3 rings (SSSR count). The van der Waals surface area contributed by atoms with Crippen molar-refractivity contribution in [1.29, 1.82) is 0 Å². The van der Waals surface area contributed by atoms with E-state index in [1.807, 2.05) is 6.07 Å². The lowest BCUT2D eigenvalue weighted by molar-refractivity contribution is 0.579. The molecule has 0 saturated carbocycles. The third-order valence-corrected chi connectivity index (χ3v) is 5.36. The van der Waals surface area contributed by atoms with Crippen molar-refractivity contribution >= 4 is 21.6 Å². The van der Waals surface area contributed by atoms with Crippen LogP contribution >= 0.6 is 11.6 Å². The van der Waals surface area contributed by atoms with Crippen molar-refractivity contribution < 1.29 is 8.42 Å². The standard InChI is InChI=1S/C15H14ClN5O2S/c1-11-14(16)5-2-6-15(11)24(22,23)18-8-12-10-21(20-19-12)13-4-3-7-17-9-13/h2-7,9-10,18H,8H2,1H3. The normalized spacial score (nSPS) is 11.6. The zero-order valence-corrected chi connectivity index (χ0v) is 14.3. The summed E-state index contributed by atoms with van der Waals surface area (Å²) in [7, 11) is -3.69. The molecule has 0 fully saturated rings. The predicted octanol–water partition coefficient (Wildman–Crippen LogP) is 2.10. The lowest BCUT2D eigenvalue weighted by atomic mass is 10.2. The molecular weight excluding hydrogens is 350 g/mol. The molecule has 1 aromatic carbocycles. The van der Waals surface area contributed by atoms with E-state index in [4.69, 9.17) is 11.6 Å². The second kappa shape index (κ2) is 6.68. The van der Waals surface area contributed by atoms with E-state index < -0.39 is 10.0 Å². The summed E-state index contributed by atoms with van der Waals surface area (Å²) in [5.41, 5.74) is 1.73. The van der Waals surface area contributed by atoms with Crippen LogP contribution in [0.2, 0.25) is 5.02 Å². The summed E-state index contributed by atoms with van der Waals surface area (Å²) in [4.78, 5) is 4.15. The maximum atomic E-state index is 12.4. The number of rotatable bonds is 5. The summed E-state index contributed by atoms with van der Waals surface area (Å²) in [6.45, 7) is 1.68. The van der Waals surface area contributed by atoms with Gasteiger partial charge in [-0.05, 0) is 36.8 Å². The van der Waals surface area contributed by atoms with E-state index in [2.05, 4.69) is 20.0 Å². The quantitative estimate of drug-likeness (QED) is 0.749. The Hall–Kier alpha value is -2.29. The molecule has 0 unspecified atom stereocenters. The maximum Gasteiger partial charge on any atom is 0.241 e. The van der Waals surface area contributed by atoms with Crippen molar-refractivity contribution in [2.24, 2.45) is 0 Å². The highest BCUT2D eigenvalue weighted by Gasteiger charge is 2.18. The van der Waals surface area contributed by atoms with E-state index in [0.29, 0.717) is 16.3 Å². The lowest BCUT2D eigenvalue weighted by Gasteiger charge is -2.09. The van der Waals surface area contributed by atoms with E-state index in [0.717, 1.165) is 5.69 Å². The van der Waals surface area contributed by atoms with Gasteiger partial charge in [0, 0.05) is 11.2 Å². The van der Waals surface area contributed by atoms with Crippen LogP contribution in [0.3, 0.4) is 0 Å². The number of nitrogens with one attached hydrogen (secondary N) is 1. The summed E-state index contributed by atoms with van der Waals surface area (Å²) < 4.78 is 28.9. The van der Waals surface area contributed by atoms with Gasteiger partial charge in [-0.1, -0.05) is 22.9 Å². The first-order valence-corrected chi connectivity index (χ1v) is 8.90. The van der Waals surface area contributed by atoms with Crippen LogP contribution in [0.5, 0.6) is 0 Å². The molecule has 7 nitrogen and oxygen atoms in total. The van der Waals surface area contributed by atoms with Gasteiger partial charge in [-0.2, -0.15) is 0 Å². The molecule has 0 aliphatic rings. The van der Waals surface area contributed by atoms with E-state index >= 15 is 0 Å². The van der Waals surface area contributed by atoms with Crippen LogP contribution in [0.25, 0.3) is 5.69 Å². The Morgan fingerprint density at radius 1 is 1.25 bits per heavy atom. The van der Waals surface area contributed by atoms with Gasteiger partial charge < -0.3 is 0 Å². The Labute approximate surface area is 144 Å². The fourth-order valence-electron chi connectivity index (χ4n) is 2.12. The second-order valence-corrected chi connectivity index (χ2v) is 7.20. The molecule has 0 bridgehead atoms. The van der Waals surface area contributed by atoms with E-state index in [1.54, 1.807) is 43.7 Å². The van der Waals surface area contributed by atoms with Crippen molar-refractivity contribution in [3.05, 3.63) is 65.2 Å². The van der Waals surface area contributed by atoms with Gasteiger partial charge in [0.2, 0.25) is 10.0 Å². The SMILES string of the molecule is Cc1c(Cl)cccc1S(=O)(=O)NCc1cn(-c2cccnc2)nn1. The zero-order chi connectivity index (χ0) is 17.2. The minimum Gasteiger partial charge on any atom is -0.262 e. The van der Waals surface area contributed by atoms with Crippen LogP contribution in [0, 0.1) is 6.92 Å². The Morgan fingerprint density at radius 2 is 2.08 bits per heavy atom. The van der Waals surface area contributed by atoms with Crippen molar-refractivity contribution in [1.82, 2.24) is 24.7 Å². The largest absolute Gasteiger partial charge is 0.262 e. The number of hydrogen-bond acceptors (Lipinski definition) is 5. The van der Waals surface area contributed by atoms with E-state index in [1.165, 1.54) is 10.7 Å². The Balaban J connectivity index is 1.76. The van der Waals surface area contributed by atoms with Crippen LogP contribution in [0.4, 0.5) is 0 Å². The van der Waals surface area contributed by atoms with Crippen molar-refractivity contribution in [2.75, 3.05) is 0 Å². The minimum atomic E-state index is -3.69. The highest BCUT2D eigenvalue weighted by molar-refractivity contribution is 7.89. The molecule has 9 heteroatoms. The molecule has 0 aliphatic heterocycles. The Morgan fingerprint density at radius 3 is 2.83 bits per heavy atom. The Kier molecular flexibility index (Phi) is 4.61. The zero-order valence-electron chi connectivity index (χ0n) is 12.7. The number of pyridine rings is 1. The summed E-state index contributed by atoms with van der Waals surface area (Å²) in [6, 6.07) is 8.36. The van der Waals surface area contributed by atoms with Crippen LogP contribution in [-0.4, -0.2) is 28.4 Å². The van der Waals surface area contributed by atoms with Gasteiger partial charge in [0.1, 0.15) is 0 Å². The van der Waals surface area contributed by atoms with Crippen LogP contribution in [-0.2, 0) is 16.6 Å².